The first-order chi connectivity index (χ1) is 11.9. The summed E-state index contributed by atoms with van der Waals surface area (Å²) in [5.74, 6) is -0.698. The van der Waals surface area contributed by atoms with Gasteiger partial charge in [-0.05, 0) is 43.7 Å². The van der Waals surface area contributed by atoms with E-state index in [-0.39, 0.29) is 17.6 Å². The molecule has 0 fully saturated rings. The SMILES string of the molecule is CCOP(=O)(c1ccccc1C)c1c(C(N)=O)[nH]c2ccc(Cl)cc12. The van der Waals surface area contributed by atoms with E-state index in [4.69, 9.17) is 21.9 Å². The largest absolute Gasteiger partial charge is 0.364 e. The Morgan fingerprint density at radius 2 is 2.00 bits per heavy atom. The van der Waals surface area contributed by atoms with Crippen molar-refractivity contribution in [1.29, 1.82) is 0 Å². The Morgan fingerprint density at radius 1 is 1.28 bits per heavy atom. The molecular weight excluding hydrogens is 359 g/mol. The zero-order valence-corrected chi connectivity index (χ0v) is 15.5. The number of carbonyl (C=O) groups excluding carboxylic acids is 1. The van der Waals surface area contributed by atoms with Crippen molar-refractivity contribution in [3.63, 3.8) is 0 Å². The van der Waals surface area contributed by atoms with Crippen LogP contribution in [0, 0.1) is 6.92 Å². The van der Waals surface area contributed by atoms with Crippen LogP contribution in [0.4, 0.5) is 0 Å². The van der Waals surface area contributed by atoms with Crippen LogP contribution in [-0.2, 0) is 9.09 Å². The highest BCUT2D eigenvalue weighted by molar-refractivity contribution is 7.75. The van der Waals surface area contributed by atoms with E-state index < -0.39 is 13.3 Å². The average Bonchev–Trinajstić information content (AvgIpc) is 2.94. The van der Waals surface area contributed by atoms with Gasteiger partial charge in [0, 0.05) is 21.2 Å². The van der Waals surface area contributed by atoms with Gasteiger partial charge >= 0.3 is 0 Å². The lowest BCUT2D eigenvalue weighted by molar-refractivity contribution is 0.0997. The number of rotatable bonds is 5. The third-order valence-electron chi connectivity index (χ3n) is 4.02. The summed E-state index contributed by atoms with van der Waals surface area (Å²) in [4.78, 5) is 15.0. The van der Waals surface area contributed by atoms with Gasteiger partial charge in [-0.1, -0.05) is 29.8 Å². The summed E-state index contributed by atoms with van der Waals surface area (Å²) in [7, 11) is -3.56. The summed E-state index contributed by atoms with van der Waals surface area (Å²) in [5.41, 5.74) is 7.06. The third kappa shape index (κ3) is 2.99. The summed E-state index contributed by atoms with van der Waals surface area (Å²) >= 11 is 6.12. The minimum atomic E-state index is -3.56. The van der Waals surface area contributed by atoms with Crippen LogP contribution in [0.15, 0.2) is 42.5 Å². The standard InChI is InChI=1S/C18H18ClN2O3P/c1-3-24-25(23,15-7-5-4-6-11(15)2)17-13-10-12(19)8-9-14(13)21-16(17)18(20)22/h4-10,21H,3H2,1-2H3,(H2,20,22). The fourth-order valence-electron chi connectivity index (χ4n) is 2.96. The molecule has 0 saturated heterocycles. The normalized spacial score (nSPS) is 13.7. The maximum Gasteiger partial charge on any atom is 0.266 e. The van der Waals surface area contributed by atoms with Crippen LogP contribution >= 0.6 is 19.0 Å². The second kappa shape index (κ2) is 6.68. The van der Waals surface area contributed by atoms with Crippen LogP contribution < -0.4 is 16.3 Å². The Bertz CT molecular complexity index is 1010. The van der Waals surface area contributed by atoms with E-state index in [0.717, 1.165) is 5.56 Å². The topological polar surface area (TPSA) is 85.2 Å². The van der Waals surface area contributed by atoms with Crippen LogP contribution in [0.25, 0.3) is 10.9 Å². The molecule has 3 rings (SSSR count). The van der Waals surface area contributed by atoms with Gasteiger partial charge in [-0.15, -0.1) is 0 Å². The molecule has 1 amide bonds. The lowest BCUT2D eigenvalue weighted by atomic mass is 10.2. The highest BCUT2D eigenvalue weighted by atomic mass is 35.5. The van der Waals surface area contributed by atoms with Crippen molar-refractivity contribution in [3.8, 4) is 0 Å². The molecule has 0 aliphatic rings. The van der Waals surface area contributed by atoms with Gasteiger partial charge in [-0.2, -0.15) is 0 Å². The summed E-state index contributed by atoms with van der Waals surface area (Å²) in [5, 5.41) is 1.85. The number of H-pyrrole nitrogens is 1. The molecule has 5 nitrogen and oxygen atoms in total. The number of benzene rings is 2. The molecule has 130 valence electrons. The van der Waals surface area contributed by atoms with Crippen molar-refractivity contribution in [2.75, 3.05) is 6.61 Å². The molecule has 1 heterocycles. The maximum absolute atomic E-state index is 14.1. The summed E-state index contributed by atoms with van der Waals surface area (Å²) in [6.07, 6.45) is 0. The molecule has 2 aromatic carbocycles. The minimum Gasteiger partial charge on any atom is -0.364 e. The molecule has 1 unspecified atom stereocenters. The van der Waals surface area contributed by atoms with E-state index >= 15 is 0 Å². The number of primary amides is 1. The number of aromatic amines is 1. The smallest absolute Gasteiger partial charge is 0.266 e. The molecule has 3 aromatic rings. The van der Waals surface area contributed by atoms with Crippen molar-refractivity contribution in [2.45, 2.75) is 13.8 Å². The first-order valence-corrected chi connectivity index (χ1v) is 9.81. The van der Waals surface area contributed by atoms with Crippen molar-refractivity contribution >= 4 is 46.4 Å². The van der Waals surface area contributed by atoms with Gasteiger partial charge in [-0.25, -0.2) is 0 Å². The van der Waals surface area contributed by atoms with Crippen LogP contribution in [0.3, 0.4) is 0 Å². The van der Waals surface area contributed by atoms with Gasteiger partial charge in [0.05, 0.1) is 11.9 Å². The Morgan fingerprint density at radius 3 is 2.64 bits per heavy atom. The molecule has 0 aliphatic carbocycles. The fraction of sp³-hybridized carbons (Fsp3) is 0.167. The summed E-state index contributed by atoms with van der Waals surface area (Å²) in [6.45, 7) is 3.83. The predicted octanol–water partition coefficient (Wildman–Crippen LogP) is 3.49. The van der Waals surface area contributed by atoms with Crippen molar-refractivity contribution in [1.82, 2.24) is 4.98 Å². The number of nitrogens with two attached hydrogens (primary N) is 1. The zero-order valence-electron chi connectivity index (χ0n) is 13.9. The summed E-state index contributed by atoms with van der Waals surface area (Å²) in [6, 6.07) is 12.3. The fourth-order valence-corrected chi connectivity index (χ4v) is 5.79. The molecule has 1 atom stereocenters. The van der Waals surface area contributed by atoms with Gasteiger partial charge in [0.15, 0.2) is 0 Å². The van der Waals surface area contributed by atoms with Crippen LogP contribution in [0.1, 0.15) is 23.0 Å². The number of aromatic nitrogens is 1. The van der Waals surface area contributed by atoms with Gasteiger partial charge < -0.3 is 15.2 Å². The number of fused-ring (bicyclic) bond motifs is 1. The second-order valence-electron chi connectivity index (χ2n) is 5.66. The van der Waals surface area contributed by atoms with Crippen molar-refractivity contribution in [2.24, 2.45) is 5.73 Å². The number of hydrogen-bond acceptors (Lipinski definition) is 3. The van der Waals surface area contributed by atoms with E-state index in [1.54, 1.807) is 37.3 Å². The molecule has 1 aromatic heterocycles. The zero-order chi connectivity index (χ0) is 18.2. The van der Waals surface area contributed by atoms with E-state index in [9.17, 15) is 9.36 Å². The Labute approximate surface area is 150 Å². The Hall–Kier alpha value is -2.07. The van der Waals surface area contributed by atoms with Gasteiger partial charge in [0.25, 0.3) is 13.3 Å². The first-order valence-electron chi connectivity index (χ1n) is 7.81. The number of nitrogens with one attached hydrogen (secondary N) is 1. The van der Waals surface area contributed by atoms with Crippen LogP contribution in [0.2, 0.25) is 5.02 Å². The Balaban J connectivity index is 2.43. The molecule has 0 saturated carbocycles. The number of halogens is 1. The second-order valence-corrected chi connectivity index (χ2v) is 8.39. The lowest BCUT2D eigenvalue weighted by Crippen LogP contribution is -2.27. The van der Waals surface area contributed by atoms with E-state index in [1.807, 2.05) is 19.1 Å². The van der Waals surface area contributed by atoms with E-state index in [0.29, 0.717) is 21.2 Å². The predicted molar refractivity (Wildman–Crippen MR) is 102 cm³/mol. The molecular formula is C18H18ClN2O3P. The van der Waals surface area contributed by atoms with Crippen molar-refractivity contribution < 1.29 is 13.9 Å². The molecule has 0 bridgehead atoms. The lowest BCUT2D eigenvalue weighted by Gasteiger charge is -2.20. The summed E-state index contributed by atoms with van der Waals surface area (Å²) < 4.78 is 19.8. The number of aryl methyl sites for hydroxylation is 1. The molecule has 3 N–H and O–H groups in total. The first kappa shape index (κ1) is 17.7. The van der Waals surface area contributed by atoms with Crippen LogP contribution in [0.5, 0.6) is 0 Å². The number of amides is 1. The molecule has 7 heteroatoms. The minimum absolute atomic E-state index is 0.0808. The van der Waals surface area contributed by atoms with Crippen LogP contribution in [-0.4, -0.2) is 17.5 Å². The highest BCUT2D eigenvalue weighted by Gasteiger charge is 2.36. The maximum atomic E-state index is 14.1. The van der Waals surface area contributed by atoms with E-state index in [2.05, 4.69) is 4.98 Å². The van der Waals surface area contributed by atoms with Gasteiger partial charge in [-0.3, -0.25) is 9.36 Å². The number of hydrogen-bond donors (Lipinski definition) is 2. The molecule has 0 spiro atoms. The van der Waals surface area contributed by atoms with Gasteiger partial charge in [0.2, 0.25) is 0 Å². The third-order valence-corrected chi connectivity index (χ3v) is 7.06. The average molecular weight is 377 g/mol. The highest BCUT2D eigenvalue weighted by Crippen LogP contribution is 2.48. The quantitative estimate of drug-likeness (QED) is 0.668. The molecule has 0 radical (unpaired) electrons. The van der Waals surface area contributed by atoms with Crippen molar-refractivity contribution in [3.05, 3.63) is 58.7 Å². The Kier molecular flexibility index (Phi) is 4.74. The van der Waals surface area contributed by atoms with Gasteiger partial charge in [0.1, 0.15) is 5.69 Å². The molecule has 25 heavy (non-hydrogen) atoms. The van der Waals surface area contributed by atoms with E-state index in [1.165, 1.54) is 0 Å². The monoisotopic (exact) mass is 376 g/mol. The molecule has 0 aliphatic heterocycles. The number of carbonyl (C=O) groups is 1.